The molecule has 0 aliphatic carbocycles. The number of carbonyl (C=O) groups is 1. The SMILES string of the molecule is Cc1[nH]nc2c1C(c1ccc(C(=O)O)cc1)C(C#N)=C(N)O2. The van der Waals surface area contributed by atoms with Crippen LogP contribution in [0.25, 0.3) is 0 Å². The monoisotopic (exact) mass is 296 g/mol. The van der Waals surface area contributed by atoms with Crippen molar-refractivity contribution in [2.75, 3.05) is 0 Å². The highest BCUT2D eigenvalue weighted by Crippen LogP contribution is 2.42. The van der Waals surface area contributed by atoms with E-state index in [4.69, 9.17) is 15.6 Å². The van der Waals surface area contributed by atoms with Crippen molar-refractivity contribution in [2.45, 2.75) is 12.8 Å². The summed E-state index contributed by atoms with van der Waals surface area (Å²) in [6.07, 6.45) is 0. The summed E-state index contributed by atoms with van der Waals surface area (Å²) in [4.78, 5) is 11.0. The molecule has 0 saturated heterocycles. The molecule has 7 heteroatoms. The average Bonchev–Trinajstić information content (AvgIpc) is 2.87. The minimum Gasteiger partial charge on any atom is -0.478 e. The topological polar surface area (TPSA) is 125 Å². The number of allylic oxidation sites excluding steroid dienone is 1. The second-order valence-electron chi connectivity index (χ2n) is 4.92. The van der Waals surface area contributed by atoms with Crippen molar-refractivity contribution < 1.29 is 14.6 Å². The molecular formula is C15H12N4O3. The largest absolute Gasteiger partial charge is 0.478 e. The van der Waals surface area contributed by atoms with Gasteiger partial charge in [-0.1, -0.05) is 12.1 Å². The molecule has 22 heavy (non-hydrogen) atoms. The number of rotatable bonds is 2. The Bertz CT molecular complexity index is 827. The number of benzene rings is 1. The van der Waals surface area contributed by atoms with E-state index in [9.17, 15) is 10.1 Å². The van der Waals surface area contributed by atoms with Gasteiger partial charge in [-0.15, -0.1) is 5.10 Å². The molecule has 2 aromatic rings. The molecule has 4 N–H and O–H groups in total. The number of ether oxygens (including phenoxy) is 1. The molecule has 1 aromatic carbocycles. The number of aromatic nitrogens is 2. The summed E-state index contributed by atoms with van der Waals surface area (Å²) < 4.78 is 5.37. The Morgan fingerprint density at radius 3 is 2.73 bits per heavy atom. The fraction of sp³-hybridized carbons (Fsp3) is 0.133. The number of H-pyrrole nitrogens is 1. The molecule has 3 rings (SSSR count). The predicted molar refractivity (Wildman–Crippen MR) is 76.0 cm³/mol. The Hall–Kier alpha value is -3.27. The van der Waals surface area contributed by atoms with Gasteiger partial charge in [0.1, 0.15) is 11.6 Å². The maximum Gasteiger partial charge on any atom is 0.335 e. The van der Waals surface area contributed by atoms with E-state index < -0.39 is 11.9 Å². The number of fused-ring (bicyclic) bond motifs is 1. The summed E-state index contributed by atoms with van der Waals surface area (Å²) in [6.45, 7) is 1.82. The molecule has 7 nitrogen and oxygen atoms in total. The van der Waals surface area contributed by atoms with Gasteiger partial charge in [0.25, 0.3) is 0 Å². The van der Waals surface area contributed by atoms with Crippen molar-refractivity contribution in [3.05, 3.63) is 58.1 Å². The van der Waals surface area contributed by atoms with Crippen molar-refractivity contribution in [3.8, 4) is 11.9 Å². The summed E-state index contributed by atoms with van der Waals surface area (Å²) in [7, 11) is 0. The number of aromatic amines is 1. The molecule has 0 saturated carbocycles. The number of hydrogen-bond donors (Lipinski definition) is 3. The van der Waals surface area contributed by atoms with Crippen LogP contribution in [0.2, 0.25) is 0 Å². The maximum absolute atomic E-state index is 11.0. The normalized spacial score (nSPS) is 16.6. The van der Waals surface area contributed by atoms with Gasteiger partial charge in [0.05, 0.1) is 11.5 Å². The number of aromatic carboxylic acids is 1. The van der Waals surface area contributed by atoms with Crippen LogP contribution in [-0.4, -0.2) is 21.3 Å². The van der Waals surface area contributed by atoms with Gasteiger partial charge in [-0.25, -0.2) is 4.79 Å². The van der Waals surface area contributed by atoms with Gasteiger partial charge in [-0.3, -0.25) is 5.10 Å². The Balaban J connectivity index is 2.16. The first-order valence-electron chi connectivity index (χ1n) is 6.48. The van der Waals surface area contributed by atoms with Gasteiger partial charge in [-0.05, 0) is 24.6 Å². The van der Waals surface area contributed by atoms with Gasteiger partial charge in [0.15, 0.2) is 0 Å². The number of nitriles is 1. The van der Waals surface area contributed by atoms with Crippen LogP contribution in [0.5, 0.6) is 5.88 Å². The number of aryl methyl sites for hydroxylation is 1. The lowest BCUT2D eigenvalue weighted by molar-refractivity contribution is 0.0697. The number of carboxylic acids is 1. The van der Waals surface area contributed by atoms with Crippen LogP contribution in [0.3, 0.4) is 0 Å². The molecule has 1 aromatic heterocycles. The summed E-state index contributed by atoms with van der Waals surface area (Å²) in [5, 5.41) is 25.2. The predicted octanol–water partition coefficient (Wildman–Crippen LogP) is 1.63. The highest BCUT2D eigenvalue weighted by Gasteiger charge is 2.34. The van der Waals surface area contributed by atoms with E-state index in [2.05, 4.69) is 16.3 Å². The molecule has 1 unspecified atom stereocenters. The zero-order chi connectivity index (χ0) is 15.9. The number of nitrogens with one attached hydrogen (secondary N) is 1. The van der Waals surface area contributed by atoms with Crippen LogP contribution >= 0.6 is 0 Å². The lowest BCUT2D eigenvalue weighted by atomic mass is 9.84. The molecule has 1 aliphatic heterocycles. The van der Waals surface area contributed by atoms with Crippen LogP contribution in [0.15, 0.2) is 35.7 Å². The Morgan fingerprint density at radius 2 is 2.14 bits per heavy atom. The molecule has 0 amide bonds. The van der Waals surface area contributed by atoms with Gasteiger partial charge < -0.3 is 15.6 Å². The van der Waals surface area contributed by atoms with E-state index in [-0.39, 0.29) is 17.0 Å². The van der Waals surface area contributed by atoms with Crippen molar-refractivity contribution >= 4 is 5.97 Å². The minimum atomic E-state index is -1.01. The van der Waals surface area contributed by atoms with E-state index in [1.54, 1.807) is 12.1 Å². The maximum atomic E-state index is 11.0. The first-order valence-corrected chi connectivity index (χ1v) is 6.48. The second kappa shape index (κ2) is 4.93. The molecule has 0 fully saturated rings. The first-order chi connectivity index (χ1) is 10.5. The van der Waals surface area contributed by atoms with E-state index in [0.717, 1.165) is 16.8 Å². The van der Waals surface area contributed by atoms with Crippen molar-refractivity contribution in [1.29, 1.82) is 5.26 Å². The molecule has 2 heterocycles. The average molecular weight is 296 g/mol. The Morgan fingerprint density at radius 1 is 1.45 bits per heavy atom. The zero-order valence-corrected chi connectivity index (χ0v) is 11.6. The third kappa shape index (κ3) is 1.98. The summed E-state index contributed by atoms with van der Waals surface area (Å²) in [6, 6.07) is 8.39. The smallest absolute Gasteiger partial charge is 0.335 e. The molecular weight excluding hydrogens is 284 g/mol. The van der Waals surface area contributed by atoms with Crippen LogP contribution in [0.1, 0.15) is 33.1 Å². The van der Waals surface area contributed by atoms with Gasteiger partial charge >= 0.3 is 5.97 Å². The van der Waals surface area contributed by atoms with Crippen molar-refractivity contribution in [1.82, 2.24) is 10.2 Å². The van der Waals surface area contributed by atoms with Crippen molar-refractivity contribution in [3.63, 3.8) is 0 Å². The number of nitrogens with zero attached hydrogens (tertiary/aromatic N) is 2. The molecule has 1 atom stereocenters. The van der Waals surface area contributed by atoms with Crippen LogP contribution in [-0.2, 0) is 0 Å². The summed E-state index contributed by atoms with van der Waals surface area (Å²) in [5.74, 6) is -1.10. The van der Waals surface area contributed by atoms with Crippen LogP contribution in [0, 0.1) is 18.3 Å². The van der Waals surface area contributed by atoms with Crippen LogP contribution < -0.4 is 10.5 Å². The number of carboxylic acid groups (broad SMARTS) is 1. The Labute approximate surface area is 125 Å². The number of hydrogen-bond acceptors (Lipinski definition) is 5. The van der Waals surface area contributed by atoms with Gasteiger partial charge in [0, 0.05) is 11.3 Å². The summed E-state index contributed by atoms with van der Waals surface area (Å²) in [5.41, 5.74) is 8.51. The lowest BCUT2D eigenvalue weighted by Crippen LogP contribution is -2.21. The molecule has 0 bridgehead atoms. The molecule has 0 radical (unpaired) electrons. The number of nitrogens with two attached hydrogens (primary N) is 1. The highest BCUT2D eigenvalue weighted by atomic mass is 16.5. The fourth-order valence-electron chi connectivity index (χ4n) is 2.55. The quantitative estimate of drug-likeness (QED) is 0.773. The van der Waals surface area contributed by atoms with E-state index in [1.807, 2.05) is 6.92 Å². The third-order valence-corrected chi connectivity index (χ3v) is 3.62. The van der Waals surface area contributed by atoms with Crippen molar-refractivity contribution in [2.24, 2.45) is 5.73 Å². The van der Waals surface area contributed by atoms with Gasteiger partial charge in [0.2, 0.25) is 11.8 Å². The lowest BCUT2D eigenvalue weighted by Gasteiger charge is -2.23. The fourth-order valence-corrected chi connectivity index (χ4v) is 2.55. The summed E-state index contributed by atoms with van der Waals surface area (Å²) >= 11 is 0. The van der Waals surface area contributed by atoms with Gasteiger partial charge in [-0.2, -0.15) is 5.26 Å². The third-order valence-electron chi connectivity index (χ3n) is 3.62. The van der Waals surface area contributed by atoms with E-state index in [0.29, 0.717) is 5.88 Å². The van der Waals surface area contributed by atoms with Crippen LogP contribution in [0.4, 0.5) is 0 Å². The standard InChI is InChI=1S/C15H12N4O3/c1-7-11-12(8-2-4-9(5-3-8)15(20)21)10(6-16)13(17)22-14(11)19-18-7/h2-5,12H,17H2,1H3,(H,18,19)(H,20,21). The molecule has 1 aliphatic rings. The Kier molecular flexibility index (Phi) is 3.07. The van der Waals surface area contributed by atoms with E-state index in [1.165, 1.54) is 12.1 Å². The van der Waals surface area contributed by atoms with E-state index >= 15 is 0 Å². The minimum absolute atomic E-state index is 0.00816. The highest BCUT2D eigenvalue weighted by molar-refractivity contribution is 5.87. The molecule has 0 spiro atoms. The molecule has 110 valence electrons. The zero-order valence-electron chi connectivity index (χ0n) is 11.6. The first kappa shape index (κ1) is 13.7. The second-order valence-corrected chi connectivity index (χ2v) is 4.92.